The molecule has 0 radical (unpaired) electrons. The van der Waals surface area contributed by atoms with Crippen LogP contribution in [0.25, 0.3) is 11.3 Å². The van der Waals surface area contributed by atoms with Crippen LogP contribution in [0.4, 0.5) is 0 Å². The first kappa shape index (κ1) is 8.97. The summed E-state index contributed by atoms with van der Waals surface area (Å²) in [7, 11) is 0. The van der Waals surface area contributed by atoms with Crippen LogP contribution in [0.3, 0.4) is 0 Å². The summed E-state index contributed by atoms with van der Waals surface area (Å²) in [6.07, 6.45) is 4.80. The topological polar surface area (TPSA) is 31.4 Å². The zero-order valence-electron chi connectivity index (χ0n) is 8.46. The van der Waals surface area contributed by atoms with Crippen molar-refractivity contribution in [3.8, 4) is 22.8 Å². The highest BCUT2D eigenvalue weighted by Crippen LogP contribution is 2.38. The Hall–Kier alpha value is -2.29. The third kappa shape index (κ3) is 1.42. The minimum Gasteiger partial charge on any atom is -0.458 e. The molecule has 78 valence electrons. The van der Waals surface area contributed by atoms with Gasteiger partial charge in [-0.2, -0.15) is 0 Å². The van der Waals surface area contributed by atoms with E-state index in [0.717, 1.165) is 11.3 Å². The number of ether oxygens (including phenoxy) is 2. The van der Waals surface area contributed by atoms with Crippen molar-refractivity contribution in [3.05, 3.63) is 55.1 Å². The predicted octanol–water partition coefficient (Wildman–Crippen LogP) is 2.99. The molecule has 0 saturated heterocycles. The minimum absolute atomic E-state index is 0.712. The lowest BCUT2D eigenvalue weighted by atomic mass is 10.1. The predicted molar refractivity (Wildman–Crippen MR) is 60.1 cm³/mol. The van der Waals surface area contributed by atoms with E-state index in [9.17, 15) is 0 Å². The number of benzene rings is 1. The Kier molecular flexibility index (Phi) is 2.07. The second-order valence-electron chi connectivity index (χ2n) is 3.36. The molecular weight excluding hydrogens is 202 g/mol. The van der Waals surface area contributed by atoms with E-state index in [2.05, 4.69) is 4.98 Å². The number of aromatic nitrogens is 1. The summed E-state index contributed by atoms with van der Waals surface area (Å²) in [6.45, 7) is 0. The van der Waals surface area contributed by atoms with E-state index in [0.29, 0.717) is 11.5 Å². The number of hydrogen-bond acceptors (Lipinski definition) is 3. The largest absolute Gasteiger partial charge is 0.458 e. The van der Waals surface area contributed by atoms with Crippen molar-refractivity contribution in [2.75, 3.05) is 0 Å². The molecule has 0 atom stereocenters. The van der Waals surface area contributed by atoms with E-state index in [4.69, 9.17) is 9.47 Å². The molecule has 0 amide bonds. The highest BCUT2D eigenvalue weighted by atomic mass is 16.5. The molecule has 3 nitrogen and oxygen atoms in total. The van der Waals surface area contributed by atoms with Gasteiger partial charge < -0.3 is 9.47 Å². The fourth-order valence-electron chi connectivity index (χ4n) is 1.65. The van der Waals surface area contributed by atoms with Crippen molar-refractivity contribution < 1.29 is 9.47 Å². The quantitative estimate of drug-likeness (QED) is 0.726. The van der Waals surface area contributed by atoms with Gasteiger partial charge in [0.05, 0.1) is 5.69 Å². The van der Waals surface area contributed by atoms with E-state index in [1.807, 2.05) is 36.4 Å². The maximum atomic E-state index is 5.46. The molecule has 0 bridgehead atoms. The van der Waals surface area contributed by atoms with Crippen LogP contribution in [0.1, 0.15) is 0 Å². The van der Waals surface area contributed by atoms with Crippen molar-refractivity contribution in [1.29, 1.82) is 0 Å². The van der Waals surface area contributed by atoms with Gasteiger partial charge in [0.2, 0.25) is 0 Å². The molecule has 3 heteroatoms. The first-order valence-corrected chi connectivity index (χ1v) is 4.98. The zero-order chi connectivity index (χ0) is 10.8. The maximum absolute atomic E-state index is 5.46. The molecule has 1 aliphatic heterocycles. The highest BCUT2D eigenvalue weighted by Gasteiger charge is 2.14. The number of rotatable bonds is 1. The Morgan fingerprint density at radius 1 is 0.875 bits per heavy atom. The van der Waals surface area contributed by atoms with Crippen LogP contribution in [-0.2, 0) is 0 Å². The van der Waals surface area contributed by atoms with Crippen molar-refractivity contribution in [2.24, 2.45) is 0 Å². The fraction of sp³-hybridized carbons (Fsp3) is 0. The number of nitrogens with zero attached hydrogens (tertiary/aromatic N) is 1. The average Bonchev–Trinajstić information content (AvgIpc) is 2.39. The van der Waals surface area contributed by atoms with Crippen LogP contribution in [0.2, 0.25) is 0 Å². The Morgan fingerprint density at radius 3 is 2.69 bits per heavy atom. The summed E-state index contributed by atoms with van der Waals surface area (Å²) < 4.78 is 10.8. The van der Waals surface area contributed by atoms with Gasteiger partial charge in [0.1, 0.15) is 12.5 Å². The zero-order valence-corrected chi connectivity index (χ0v) is 8.46. The molecule has 16 heavy (non-hydrogen) atoms. The number of para-hydroxylation sites is 1. The van der Waals surface area contributed by atoms with E-state index in [1.54, 1.807) is 6.20 Å². The first-order valence-electron chi connectivity index (χ1n) is 4.98. The average molecular weight is 211 g/mol. The molecule has 3 rings (SSSR count). The molecule has 0 fully saturated rings. The highest BCUT2D eigenvalue weighted by molar-refractivity contribution is 5.71. The lowest BCUT2D eigenvalue weighted by molar-refractivity contribution is 0.363. The summed E-state index contributed by atoms with van der Waals surface area (Å²) in [5.74, 6) is 1.43. The van der Waals surface area contributed by atoms with Gasteiger partial charge >= 0.3 is 0 Å². The van der Waals surface area contributed by atoms with E-state index >= 15 is 0 Å². The van der Waals surface area contributed by atoms with Crippen LogP contribution in [0.5, 0.6) is 11.5 Å². The third-order valence-electron chi connectivity index (χ3n) is 2.36. The molecule has 1 aromatic heterocycles. The number of hydrogen-bond donors (Lipinski definition) is 0. The van der Waals surface area contributed by atoms with Crippen molar-refractivity contribution in [3.63, 3.8) is 0 Å². The van der Waals surface area contributed by atoms with Gasteiger partial charge in [0, 0.05) is 11.8 Å². The Morgan fingerprint density at radius 2 is 1.81 bits per heavy atom. The molecule has 0 unspecified atom stereocenters. The van der Waals surface area contributed by atoms with Gasteiger partial charge in [0.25, 0.3) is 0 Å². The second-order valence-corrected chi connectivity index (χ2v) is 3.36. The molecule has 0 N–H and O–H groups in total. The van der Waals surface area contributed by atoms with Gasteiger partial charge in [-0.3, -0.25) is 4.98 Å². The molecule has 0 saturated carbocycles. The SMILES string of the molecule is C1=COc2c(cccc2-c2ccccn2)O1. The van der Waals surface area contributed by atoms with Crippen LogP contribution < -0.4 is 9.47 Å². The lowest BCUT2D eigenvalue weighted by Gasteiger charge is -2.15. The fourth-order valence-corrected chi connectivity index (χ4v) is 1.65. The number of pyridine rings is 1. The van der Waals surface area contributed by atoms with Gasteiger partial charge in [-0.1, -0.05) is 12.1 Å². The van der Waals surface area contributed by atoms with Crippen molar-refractivity contribution >= 4 is 0 Å². The van der Waals surface area contributed by atoms with Gasteiger partial charge in [-0.05, 0) is 24.3 Å². The molecular formula is C13H9NO2. The smallest absolute Gasteiger partial charge is 0.178 e. The van der Waals surface area contributed by atoms with Gasteiger partial charge in [-0.15, -0.1) is 0 Å². The van der Waals surface area contributed by atoms with Crippen LogP contribution >= 0.6 is 0 Å². The van der Waals surface area contributed by atoms with Gasteiger partial charge in [0.15, 0.2) is 11.5 Å². The molecule has 0 aliphatic carbocycles. The Labute approximate surface area is 93.0 Å². The van der Waals surface area contributed by atoms with Crippen LogP contribution in [-0.4, -0.2) is 4.98 Å². The second kappa shape index (κ2) is 3.70. The normalized spacial score (nSPS) is 12.5. The van der Waals surface area contributed by atoms with Crippen LogP contribution in [0.15, 0.2) is 55.1 Å². The molecule has 2 aromatic rings. The summed E-state index contributed by atoms with van der Waals surface area (Å²) in [4.78, 5) is 4.30. The van der Waals surface area contributed by atoms with E-state index in [1.165, 1.54) is 12.5 Å². The van der Waals surface area contributed by atoms with Crippen molar-refractivity contribution in [2.45, 2.75) is 0 Å². The summed E-state index contributed by atoms with van der Waals surface area (Å²) >= 11 is 0. The molecule has 1 aromatic carbocycles. The maximum Gasteiger partial charge on any atom is 0.178 e. The Bertz CT molecular complexity index is 535. The molecule has 1 aliphatic rings. The monoisotopic (exact) mass is 211 g/mol. The summed E-state index contributed by atoms with van der Waals surface area (Å²) in [6, 6.07) is 11.5. The van der Waals surface area contributed by atoms with E-state index < -0.39 is 0 Å². The molecule has 2 heterocycles. The summed E-state index contributed by atoms with van der Waals surface area (Å²) in [5.41, 5.74) is 1.81. The first-order chi connectivity index (χ1) is 7.95. The lowest BCUT2D eigenvalue weighted by Crippen LogP contribution is -1.98. The minimum atomic E-state index is 0.712. The van der Waals surface area contributed by atoms with E-state index in [-0.39, 0.29) is 0 Å². The Balaban J connectivity index is 2.16. The van der Waals surface area contributed by atoms with Crippen molar-refractivity contribution in [1.82, 2.24) is 4.98 Å². The standard InChI is InChI=1S/C13H9NO2/c1-2-7-14-11(5-1)10-4-3-6-12-13(10)16-9-8-15-12/h1-9H. The number of fused-ring (bicyclic) bond motifs is 1. The summed E-state index contributed by atoms with van der Waals surface area (Å²) in [5, 5.41) is 0. The third-order valence-corrected chi connectivity index (χ3v) is 2.36. The molecule has 0 spiro atoms. The van der Waals surface area contributed by atoms with Crippen LogP contribution in [0, 0.1) is 0 Å². The van der Waals surface area contributed by atoms with Gasteiger partial charge in [-0.25, -0.2) is 0 Å².